The molecule has 0 aromatic heterocycles. The van der Waals surface area contributed by atoms with Crippen LogP contribution in [0.4, 0.5) is 0 Å². The maximum absolute atomic E-state index is 12.7. The molecule has 0 amide bonds. The van der Waals surface area contributed by atoms with Crippen LogP contribution >= 0.6 is 11.6 Å². The van der Waals surface area contributed by atoms with E-state index in [-0.39, 0.29) is 17.1 Å². The first-order chi connectivity index (χ1) is 15.6. The lowest BCUT2D eigenvalue weighted by Crippen LogP contribution is -2.53. The Balaban J connectivity index is 1.50. The Bertz CT molecular complexity index is 788. The van der Waals surface area contributed by atoms with E-state index in [1.54, 1.807) is 0 Å². The van der Waals surface area contributed by atoms with Crippen molar-refractivity contribution in [3.05, 3.63) is 11.6 Å². The van der Waals surface area contributed by atoms with Crippen LogP contribution in [0.3, 0.4) is 0 Å². The largest absolute Gasteiger partial charge is 0.453 e. The molecule has 33 heavy (non-hydrogen) atoms. The first kappa shape index (κ1) is 25.3. The summed E-state index contributed by atoms with van der Waals surface area (Å²) >= 11 is 5.66. The second kappa shape index (κ2) is 9.67. The normalized spacial score (nSPS) is 41.1. The molecule has 4 aliphatic rings. The molecule has 3 nitrogen and oxygen atoms in total. The number of carbonyl (C=O) groups is 2. The van der Waals surface area contributed by atoms with Gasteiger partial charge in [-0.1, -0.05) is 59.5 Å². The molecule has 0 saturated heterocycles. The van der Waals surface area contributed by atoms with Crippen molar-refractivity contribution in [2.75, 3.05) is 5.88 Å². The minimum absolute atomic E-state index is 0.0314. The molecule has 4 rings (SSSR count). The number of hydrogen-bond donors (Lipinski definition) is 0. The fourth-order valence-electron chi connectivity index (χ4n) is 8.91. The maximum atomic E-state index is 12.7. The summed E-state index contributed by atoms with van der Waals surface area (Å²) in [5.41, 5.74) is 1.74. The SMILES string of the molecule is CC(C)CCC[C@@H](C)[C@H]1CC[C@H]2[C@@H]3CCC4=CC(=O)C(OC(=O)CCl)C[C@]4(C)[C@H]3CC[C@]12C. The number of allylic oxidation sites excluding steroid dienone is 1. The molecular formula is C29H45ClO3. The highest BCUT2D eigenvalue weighted by atomic mass is 35.5. The van der Waals surface area contributed by atoms with Crippen molar-refractivity contribution < 1.29 is 14.3 Å². The molecule has 0 aromatic carbocycles. The third-order valence-electron chi connectivity index (χ3n) is 10.6. The lowest BCUT2D eigenvalue weighted by Gasteiger charge is -2.59. The standard InChI is InChI=1S/C29H45ClO3/c1-18(2)7-6-8-19(3)22-11-12-23-21-10-9-20-15-25(31)26(33-27(32)17-30)16-29(20,5)24(21)13-14-28(22,23)4/h15,18-19,21-24,26H,6-14,16-17H2,1-5H3/t19-,21+,22-,23+,24+,26?,28-,29+/m1/s1. The number of esters is 1. The number of alkyl halides is 1. The smallest absolute Gasteiger partial charge is 0.321 e. The van der Waals surface area contributed by atoms with Gasteiger partial charge in [0, 0.05) is 6.42 Å². The summed E-state index contributed by atoms with van der Waals surface area (Å²) in [6.45, 7) is 12.2. The van der Waals surface area contributed by atoms with E-state index in [1.165, 1.54) is 56.9 Å². The van der Waals surface area contributed by atoms with Crippen molar-refractivity contribution in [3.8, 4) is 0 Å². The summed E-state index contributed by atoms with van der Waals surface area (Å²) in [4.78, 5) is 24.5. The quantitative estimate of drug-likeness (QED) is 0.284. The highest BCUT2D eigenvalue weighted by molar-refractivity contribution is 6.26. The molecule has 1 unspecified atom stereocenters. The Hall–Kier alpha value is -0.830. The van der Waals surface area contributed by atoms with E-state index in [1.807, 2.05) is 6.08 Å². The van der Waals surface area contributed by atoms with Gasteiger partial charge in [-0.25, -0.2) is 0 Å². The average Bonchev–Trinajstić information content (AvgIpc) is 3.11. The molecule has 3 saturated carbocycles. The van der Waals surface area contributed by atoms with E-state index < -0.39 is 12.1 Å². The number of ether oxygens (including phenoxy) is 1. The molecule has 3 fully saturated rings. The van der Waals surface area contributed by atoms with Gasteiger partial charge in [-0.2, -0.15) is 0 Å². The maximum Gasteiger partial charge on any atom is 0.321 e. The summed E-state index contributed by atoms with van der Waals surface area (Å²) < 4.78 is 5.49. The van der Waals surface area contributed by atoms with Gasteiger partial charge in [0.1, 0.15) is 5.88 Å². The third-order valence-corrected chi connectivity index (χ3v) is 10.8. The fourth-order valence-corrected chi connectivity index (χ4v) is 8.97. The van der Waals surface area contributed by atoms with Crippen molar-refractivity contribution >= 4 is 23.4 Å². The zero-order valence-corrected chi connectivity index (χ0v) is 22.3. The topological polar surface area (TPSA) is 43.4 Å². The van der Waals surface area contributed by atoms with Gasteiger partial charge in [0.25, 0.3) is 0 Å². The number of rotatable bonds is 7. The first-order valence-corrected chi connectivity index (χ1v) is 14.1. The Labute approximate surface area is 206 Å². The molecule has 0 aromatic rings. The predicted molar refractivity (Wildman–Crippen MR) is 134 cm³/mol. The Morgan fingerprint density at radius 2 is 1.88 bits per heavy atom. The molecule has 0 N–H and O–H groups in total. The molecule has 0 heterocycles. The summed E-state index contributed by atoms with van der Waals surface area (Å²) in [5, 5.41) is 0. The highest BCUT2D eigenvalue weighted by Crippen LogP contribution is 2.67. The van der Waals surface area contributed by atoms with E-state index in [0.717, 1.165) is 36.0 Å². The molecular weight excluding hydrogens is 432 g/mol. The molecule has 0 radical (unpaired) electrons. The molecule has 0 aliphatic heterocycles. The van der Waals surface area contributed by atoms with Gasteiger partial charge in [0.05, 0.1) is 0 Å². The van der Waals surface area contributed by atoms with E-state index >= 15 is 0 Å². The fraction of sp³-hybridized carbons (Fsp3) is 0.862. The van der Waals surface area contributed by atoms with Crippen LogP contribution < -0.4 is 0 Å². The predicted octanol–water partition coefficient (Wildman–Crippen LogP) is 7.36. The Morgan fingerprint density at radius 3 is 2.58 bits per heavy atom. The first-order valence-electron chi connectivity index (χ1n) is 13.6. The summed E-state index contributed by atoms with van der Waals surface area (Å²) in [6, 6.07) is 0. The summed E-state index contributed by atoms with van der Waals surface area (Å²) in [6.07, 6.45) is 13.5. The van der Waals surface area contributed by atoms with Crippen molar-refractivity contribution in [1.29, 1.82) is 0 Å². The molecule has 0 spiro atoms. The van der Waals surface area contributed by atoms with Gasteiger partial charge >= 0.3 is 5.97 Å². The van der Waals surface area contributed by atoms with Crippen molar-refractivity contribution in [1.82, 2.24) is 0 Å². The van der Waals surface area contributed by atoms with Gasteiger partial charge in [0.15, 0.2) is 11.9 Å². The van der Waals surface area contributed by atoms with Gasteiger partial charge in [0.2, 0.25) is 0 Å². The lowest BCUT2D eigenvalue weighted by molar-refractivity contribution is -0.155. The number of halogens is 1. The minimum Gasteiger partial charge on any atom is -0.453 e. The van der Waals surface area contributed by atoms with E-state index in [4.69, 9.17) is 16.3 Å². The third kappa shape index (κ3) is 4.57. The highest BCUT2D eigenvalue weighted by Gasteiger charge is 2.60. The van der Waals surface area contributed by atoms with E-state index in [9.17, 15) is 9.59 Å². The summed E-state index contributed by atoms with van der Waals surface area (Å²) in [5.74, 6) is 3.88. The van der Waals surface area contributed by atoms with Crippen LogP contribution in [0.2, 0.25) is 0 Å². The van der Waals surface area contributed by atoms with Crippen LogP contribution in [-0.2, 0) is 14.3 Å². The second-order valence-corrected chi connectivity index (χ2v) is 13.0. The van der Waals surface area contributed by atoms with Crippen molar-refractivity contribution in [3.63, 3.8) is 0 Å². The van der Waals surface area contributed by atoms with Gasteiger partial charge < -0.3 is 4.74 Å². The average molecular weight is 477 g/mol. The lowest BCUT2D eigenvalue weighted by atomic mass is 9.46. The van der Waals surface area contributed by atoms with Crippen LogP contribution in [0.15, 0.2) is 11.6 Å². The van der Waals surface area contributed by atoms with Crippen LogP contribution in [0.5, 0.6) is 0 Å². The zero-order valence-electron chi connectivity index (χ0n) is 21.5. The number of hydrogen-bond acceptors (Lipinski definition) is 3. The van der Waals surface area contributed by atoms with Crippen molar-refractivity contribution in [2.45, 2.75) is 105 Å². The van der Waals surface area contributed by atoms with Gasteiger partial charge in [-0.05, 0) is 90.9 Å². The molecule has 8 atom stereocenters. The monoisotopic (exact) mass is 476 g/mol. The Kier molecular flexibility index (Phi) is 7.40. The van der Waals surface area contributed by atoms with Crippen LogP contribution in [0.25, 0.3) is 0 Å². The number of carbonyl (C=O) groups excluding carboxylic acids is 2. The van der Waals surface area contributed by atoms with Crippen molar-refractivity contribution in [2.24, 2.45) is 46.3 Å². The van der Waals surface area contributed by atoms with Crippen LogP contribution in [0, 0.1) is 46.3 Å². The number of fused-ring (bicyclic) bond motifs is 5. The van der Waals surface area contributed by atoms with E-state index in [0.29, 0.717) is 17.8 Å². The molecule has 4 heteroatoms. The van der Waals surface area contributed by atoms with E-state index in [2.05, 4.69) is 34.6 Å². The molecule has 0 bridgehead atoms. The molecule has 4 aliphatic carbocycles. The van der Waals surface area contributed by atoms with Crippen LogP contribution in [0.1, 0.15) is 98.8 Å². The second-order valence-electron chi connectivity index (χ2n) is 12.8. The molecule has 186 valence electrons. The minimum atomic E-state index is -0.658. The van der Waals surface area contributed by atoms with Crippen LogP contribution in [-0.4, -0.2) is 23.7 Å². The zero-order chi connectivity index (χ0) is 24.0. The van der Waals surface area contributed by atoms with Gasteiger partial charge in [-0.15, -0.1) is 11.6 Å². The summed E-state index contributed by atoms with van der Waals surface area (Å²) in [7, 11) is 0. The van der Waals surface area contributed by atoms with Gasteiger partial charge in [-0.3, -0.25) is 9.59 Å². The number of ketones is 1. The Morgan fingerprint density at radius 1 is 1.12 bits per heavy atom.